The quantitative estimate of drug-likeness (QED) is 0.671. The Bertz CT molecular complexity index is 250. The molecule has 0 saturated heterocycles. The average molecular weight is 297 g/mol. The van der Waals surface area contributed by atoms with Crippen LogP contribution in [0.5, 0.6) is 0 Å². The van der Waals surface area contributed by atoms with E-state index in [2.05, 4.69) is 51.8 Å². The minimum atomic E-state index is 0.713. The van der Waals surface area contributed by atoms with Gasteiger partial charge in [0.25, 0.3) is 0 Å². The van der Waals surface area contributed by atoms with Crippen molar-refractivity contribution in [3.05, 3.63) is 0 Å². The van der Waals surface area contributed by atoms with Gasteiger partial charge < -0.3 is 5.32 Å². The van der Waals surface area contributed by atoms with Crippen LogP contribution in [0, 0.1) is 17.8 Å². The molecule has 1 fully saturated rings. The molecule has 0 bridgehead atoms. The van der Waals surface area contributed by atoms with Crippen molar-refractivity contribution in [1.82, 2.24) is 10.2 Å². The van der Waals surface area contributed by atoms with Crippen LogP contribution in [0.1, 0.15) is 73.6 Å². The molecule has 1 aliphatic carbocycles. The Labute approximate surface area is 134 Å². The molecule has 21 heavy (non-hydrogen) atoms. The summed E-state index contributed by atoms with van der Waals surface area (Å²) >= 11 is 0. The van der Waals surface area contributed by atoms with E-state index < -0.39 is 0 Å². The van der Waals surface area contributed by atoms with Crippen molar-refractivity contribution in [3.63, 3.8) is 0 Å². The molecule has 2 nitrogen and oxygen atoms in total. The number of hydrogen-bond acceptors (Lipinski definition) is 2. The van der Waals surface area contributed by atoms with Crippen LogP contribution in [0.25, 0.3) is 0 Å². The molecule has 126 valence electrons. The maximum Gasteiger partial charge on any atom is 0.0251 e. The van der Waals surface area contributed by atoms with Gasteiger partial charge in [0, 0.05) is 12.1 Å². The van der Waals surface area contributed by atoms with Crippen LogP contribution < -0.4 is 5.32 Å². The van der Waals surface area contributed by atoms with Crippen LogP contribution in [-0.2, 0) is 0 Å². The van der Waals surface area contributed by atoms with E-state index in [0.29, 0.717) is 6.04 Å². The van der Waals surface area contributed by atoms with E-state index in [1.807, 2.05) is 0 Å². The molecule has 1 aliphatic rings. The van der Waals surface area contributed by atoms with E-state index in [9.17, 15) is 0 Å². The summed E-state index contributed by atoms with van der Waals surface area (Å²) in [5, 5.41) is 3.77. The van der Waals surface area contributed by atoms with Gasteiger partial charge in [-0.3, -0.25) is 4.90 Å². The minimum absolute atomic E-state index is 0.713. The normalized spacial score (nSPS) is 27.0. The van der Waals surface area contributed by atoms with Crippen LogP contribution >= 0.6 is 0 Å². The molecule has 0 aromatic carbocycles. The van der Waals surface area contributed by atoms with Crippen molar-refractivity contribution in [2.45, 2.75) is 85.7 Å². The number of rotatable bonds is 9. The van der Waals surface area contributed by atoms with Gasteiger partial charge in [0.15, 0.2) is 0 Å². The molecule has 3 unspecified atom stereocenters. The summed E-state index contributed by atoms with van der Waals surface area (Å²) in [6.45, 7) is 17.8. The molecule has 0 heterocycles. The van der Waals surface area contributed by atoms with Gasteiger partial charge in [-0.15, -0.1) is 0 Å². The Kier molecular flexibility index (Phi) is 8.89. The number of hydrogen-bond donors (Lipinski definition) is 1. The number of likely N-dealkylation sites (N-methyl/N-ethyl adjacent to an activating group) is 1. The lowest BCUT2D eigenvalue weighted by Crippen LogP contribution is -2.53. The summed E-state index contributed by atoms with van der Waals surface area (Å²) in [4.78, 5) is 2.82. The second kappa shape index (κ2) is 9.84. The Morgan fingerprint density at radius 1 is 1.00 bits per heavy atom. The molecule has 0 aliphatic heterocycles. The van der Waals surface area contributed by atoms with Crippen molar-refractivity contribution >= 4 is 0 Å². The largest absolute Gasteiger partial charge is 0.313 e. The Balaban J connectivity index is 2.69. The maximum atomic E-state index is 3.77. The fraction of sp³-hybridized carbons (Fsp3) is 1.00. The topological polar surface area (TPSA) is 15.3 Å². The Hall–Kier alpha value is -0.0800. The Morgan fingerprint density at radius 2 is 1.57 bits per heavy atom. The van der Waals surface area contributed by atoms with Gasteiger partial charge in [0.2, 0.25) is 0 Å². The molecule has 1 rings (SSSR count). The molecule has 0 aromatic rings. The zero-order valence-electron chi connectivity index (χ0n) is 15.5. The summed E-state index contributed by atoms with van der Waals surface area (Å²) in [6.07, 6.45) is 6.81. The third-order valence-electron chi connectivity index (χ3n) is 5.00. The van der Waals surface area contributed by atoms with Gasteiger partial charge in [-0.25, -0.2) is 0 Å². The summed E-state index contributed by atoms with van der Waals surface area (Å²) in [5.41, 5.74) is 0. The predicted octanol–water partition coefficient (Wildman–Crippen LogP) is 4.55. The fourth-order valence-electron chi connectivity index (χ4n) is 3.55. The SMILES string of the molecule is CCNC1CCC(C)CC1N(CCC(C)C)CCC(C)C. The molecule has 0 amide bonds. The van der Waals surface area contributed by atoms with E-state index >= 15 is 0 Å². The van der Waals surface area contributed by atoms with E-state index in [1.165, 1.54) is 45.2 Å². The molecule has 3 atom stereocenters. The summed E-state index contributed by atoms with van der Waals surface area (Å²) in [5.74, 6) is 2.51. The van der Waals surface area contributed by atoms with Crippen LogP contribution in [0.3, 0.4) is 0 Å². The summed E-state index contributed by atoms with van der Waals surface area (Å²) < 4.78 is 0. The molecule has 0 spiro atoms. The highest BCUT2D eigenvalue weighted by atomic mass is 15.2. The van der Waals surface area contributed by atoms with Crippen molar-refractivity contribution in [3.8, 4) is 0 Å². The summed E-state index contributed by atoms with van der Waals surface area (Å²) in [6, 6.07) is 1.47. The smallest absolute Gasteiger partial charge is 0.0251 e. The van der Waals surface area contributed by atoms with Gasteiger partial charge in [0.05, 0.1) is 0 Å². The van der Waals surface area contributed by atoms with Crippen molar-refractivity contribution in [2.75, 3.05) is 19.6 Å². The first-order valence-corrected chi connectivity index (χ1v) is 9.41. The van der Waals surface area contributed by atoms with Gasteiger partial charge in [-0.05, 0) is 69.5 Å². The van der Waals surface area contributed by atoms with Gasteiger partial charge in [-0.2, -0.15) is 0 Å². The number of nitrogens with one attached hydrogen (secondary N) is 1. The monoisotopic (exact) mass is 296 g/mol. The molecular formula is C19H40N2. The highest BCUT2D eigenvalue weighted by molar-refractivity contribution is 4.90. The van der Waals surface area contributed by atoms with Crippen molar-refractivity contribution in [2.24, 2.45) is 17.8 Å². The van der Waals surface area contributed by atoms with Gasteiger partial charge >= 0.3 is 0 Å². The van der Waals surface area contributed by atoms with Crippen molar-refractivity contribution < 1.29 is 0 Å². The predicted molar refractivity (Wildman–Crippen MR) is 94.8 cm³/mol. The van der Waals surface area contributed by atoms with E-state index in [1.54, 1.807) is 0 Å². The lowest BCUT2D eigenvalue weighted by atomic mass is 9.82. The van der Waals surface area contributed by atoms with Crippen LogP contribution in [-0.4, -0.2) is 36.6 Å². The molecule has 1 N–H and O–H groups in total. The molecular weight excluding hydrogens is 256 g/mol. The van der Waals surface area contributed by atoms with Gasteiger partial charge in [0.1, 0.15) is 0 Å². The third-order valence-corrected chi connectivity index (χ3v) is 5.00. The van der Waals surface area contributed by atoms with Crippen LogP contribution in [0.15, 0.2) is 0 Å². The third kappa shape index (κ3) is 7.15. The first-order valence-electron chi connectivity index (χ1n) is 9.41. The molecule has 1 saturated carbocycles. The van der Waals surface area contributed by atoms with E-state index in [-0.39, 0.29) is 0 Å². The summed E-state index contributed by atoms with van der Waals surface area (Å²) in [7, 11) is 0. The first-order chi connectivity index (χ1) is 9.93. The first kappa shape index (κ1) is 19.0. The molecule has 2 heteroatoms. The second-order valence-corrected chi connectivity index (χ2v) is 8.05. The van der Waals surface area contributed by atoms with Gasteiger partial charge in [-0.1, -0.05) is 41.5 Å². The van der Waals surface area contributed by atoms with Crippen molar-refractivity contribution in [1.29, 1.82) is 0 Å². The fourth-order valence-corrected chi connectivity index (χ4v) is 3.55. The highest BCUT2D eigenvalue weighted by Gasteiger charge is 2.32. The Morgan fingerprint density at radius 3 is 2.05 bits per heavy atom. The lowest BCUT2D eigenvalue weighted by Gasteiger charge is -2.43. The minimum Gasteiger partial charge on any atom is -0.313 e. The zero-order valence-corrected chi connectivity index (χ0v) is 15.5. The van der Waals surface area contributed by atoms with Crippen LogP contribution in [0.4, 0.5) is 0 Å². The van der Waals surface area contributed by atoms with Crippen LogP contribution in [0.2, 0.25) is 0 Å². The maximum absolute atomic E-state index is 3.77. The highest BCUT2D eigenvalue weighted by Crippen LogP contribution is 2.28. The van der Waals surface area contributed by atoms with E-state index in [4.69, 9.17) is 0 Å². The standard InChI is InChI=1S/C19H40N2/c1-7-20-18-9-8-17(6)14-19(18)21(12-10-15(2)3)13-11-16(4)5/h15-20H,7-14H2,1-6H3. The zero-order chi connectivity index (χ0) is 15.8. The molecule has 0 radical (unpaired) electrons. The molecule has 0 aromatic heterocycles. The second-order valence-electron chi connectivity index (χ2n) is 8.05. The number of nitrogens with zero attached hydrogens (tertiary/aromatic N) is 1. The average Bonchev–Trinajstić information content (AvgIpc) is 2.41. The lowest BCUT2D eigenvalue weighted by molar-refractivity contribution is 0.0923. The van der Waals surface area contributed by atoms with E-state index in [0.717, 1.165) is 30.3 Å².